The summed E-state index contributed by atoms with van der Waals surface area (Å²) in [6.07, 6.45) is 4.04. The summed E-state index contributed by atoms with van der Waals surface area (Å²) in [6, 6.07) is 12.5. The van der Waals surface area contributed by atoms with Gasteiger partial charge in [-0.2, -0.15) is 5.10 Å². The van der Waals surface area contributed by atoms with Gasteiger partial charge in [0.2, 0.25) is 5.91 Å². The lowest BCUT2D eigenvalue weighted by molar-refractivity contribution is -0.111. The fourth-order valence-electron chi connectivity index (χ4n) is 2.84. The quantitative estimate of drug-likeness (QED) is 0.422. The minimum atomic E-state index is -4.14. The normalized spacial score (nSPS) is 11.7. The molecule has 0 aliphatic heterocycles. The van der Waals surface area contributed by atoms with E-state index in [4.69, 9.17) is 9.79 Å². The molecule has 0 saturated heterocycles. The maximum absolute atomic E-state index is 14.1. The topological polar surface area (TPSA) is 104 Å². The van der Waals surface area contributed by atoms with Crippen molar-refractivity contribution in [3.8, 4) is 11.3 Å². The molecule has 0 saturated carbocycles. The van der Waals surface area contributed by atoms with Gasteiger partial charge in [0, 0.05) is 29.9 Å². The first kappa shape index (κ1) is 20.7. The third-order valence-corrected chi connectivity index (χ3v) is 4.90. The predicted octanol–water partition coefficient (Wildman–Crippen LogP) is 3.56. The summed E-state index contributed by atoms with van der Waals surface area (Å²) in [5.74, 6) is -0.790. The van der Waals surface area contributed by atoms with Gasteiger partial charge in [-0.05, 0) is 35.9 Å². The molecule has 7 nitrogen and oxygen atoms in total. The Balaban J connectivity index is 1.72. The second kappa shape index (κ2) is 8.53. The summed E-state index contributed by atoms with van der Waals surface area (Å²) in [5.41, 5.74) is 2.47. The molecule has 150 valence electrons. The number of benzene rings is 2. The van der Waals surface area contributed by atoms with Crippen LogP contribution in [-0.2, 0) is 22.6 Å². The lowest BCUT2D eigenvalue weighted by Gasteiger charge is -2.06. The van der Waals surface area contributed by atoms with Crippen molar-refractivity contribution in [2.24, 2.45) is 7.05 Å². The van der Waals surface area contributed by atoms with E-state index in [0.717, 1.165) is 0 Å². The van der Waals surface area contributed by atoms with Crippen LogP contribution >= 0.6 is 7.60 Å². The number of nitrogens with zero attached hydrogens (tertiary/aromatic N) is 2. The molecule has 29 heavy (non-hydrogen) atoms. The minimum absolute atomic E-state index is 0.360. The van der Waals surface area contributed by atoms with Crippen LogP contribution in [0.25, 0.3) is 17.3 Å². The minimum Gasteiger partial charge on any atom is -0.324 e. The summed E-state index contributed by atoms with van der Waals surface area (Å²) in [4.78, 5) is 30.2. The van der Waals surface area contributed by atoms with E-state index in [1.165, 1.54) is 29.0 Å². The smallest absolute Gasteiger partial charge is 0.324 e. The summed E-state index contributed by atoms with van der Waals surface area (Å²) < 4.78 is 26.7. The van der Waals surface area contributed by atoms with Gasteiger partial charge in [0.05, 0.1) is 18.1 Å². The second-order valence-corrected chi connectivity index (χ2v) is 8.04. The Morgan fingerprint density at radius 3 is 2.55 bits per heavy atom. The number of hydrogen-bond donors (Lipinski definition) is 3. The number of amides is 1. The van der Waals surface area contributed by atoms with Crippen LogP contribution in [0.1, 0.15) is 11.1 Å². The third kappa shape index (κ3) is 5.48. The Morgan fingerprint density at radius 2 is 1.90 bits per heavy atom. The molecule has 0 radical (unpaired) electrons. The maximum atomic E-state index is 14.1. The highest BCUT2D eigenvalue weighted by Gasteiger charge is 2.14. The van der Waals surface area contributed by atoms with Gasteiger partial charge in [0.15, 0.2) is 0 Å². The fraction of sp³-hybridized carbons (Fsp3) is 0.100. The predicted molar refractivity (Wildman–Crippen MR) is 108 cm³/mol. The van der Waals surface area contributed by atoms with E-state index in [0.29, 0.717) is 28.1 Å². The molecule has 2 aromatic carbocycles. The van der Waals surface area contributed by atoms with Crippen LogP contribution in [0.3, 0.4) is 0 Å². The summed E-state index contributed by atoms with van der Waals surface area (Å²) in [6.45, 7) is 0. The van der Waals surface area contributed by atoms with Crippen molar-refractivity contribution in [2.45, 2.75) is 6.16 Å². The first-order valence-corrected chi connectivity index (χ1v) is 10.4. The van der Waals surface area contributed by atoms with E-state index in [9.17, 15) is 13.8 Å². The zero-order valence-corrected chi connectivity index (χ0v) is 16.4. The Hall–Kier alpha value is -3.06. The van der Waals surface area contributed by atoms with Gasteiger partial charge in [-0.15, -0.1) is 0 Å². The van der Waals surface area contributed by atoms with Gasteiger partial charge in [-0.3, -0.25) is 14.0 Å². The molecule has 0 aliphatic carbocycles. The zero-order chi connectivity index (χ0) is 21.0. The van der Waals surface area contributed by atoms with Gasteiger partial charge >= 0.3 is 7.60 Å². The van der Waals surface area contributed by atoms with E-state index in [1.807, 2.05) is 0 Å². The summed E-state index contributed by atoms with van der Waals surface area (Å²) in [5, 5.41) is 6.80. The van der Waals surface area contributed by atoms with Crippen LogP contribution < -0.4 is 5.32 Å². The second-order valence-electron chi connectivity index (χ2n) is 6.39. The molecular weight excluding hydrogens is 396 g/mol. The molecule has 1 aromatic heterocycles. The molecule has 0 fully saturated rings. The number of aryl methyl sites for hydroxylation is 1. The first-order valence-electron chi connectivity index (χ1n) is 8.62. The van der Waals surface area contributed by atoms with Crippen molar-refractivity contribution >= 4 is 25.3 Å². The fourth-order valence-corrected chi connectivity index (χ4v) is 3.53. The van der Waals surface area contributed by atoms with Gasteiger partial charge in [0.25, 0.3) is 0 Å². The molecule has 9 heteroatoms. The third-order valence-electron chi connectivity index (χ3n) is 4.12. The SMILES string of the molecule is Cn1ncc(C=CC(=O)Nc2ccc(CP(=O)(O)O)cc2)c1-c1ccccc1F. The highest BCUT2D eigenvalue weighted by molar-refractivity contribution is 7.50. The van der Waals surface area contributed by atoms with Crippen molar-refractivity contribution in [3.05, 3.63) is 77.7 Å². The molecule has 0 atom stereocenters. The van der Waals surface area contributed by atoms with E-state index in [1.54, 1.807) is 49.7 Å². The van der Waals surface area contributed by atoms with Crippen molar-refractivity contribution in [1.82, 2.24) is 9.78 Å². The number of nitrogens with one attached hydrogen (secondary N) is 1. The maximum Gasteiger partial charge on any atom is 0.329 e. The Morgan fingerprint density at radius 1 is 1.21 bits per heavy atom. The standard InChI is InChI=1S/C20H19FN3O4P/c1-24-20(17-4-2-3-5-18(17)21)15(12-22-24)8-11-19(25)23-16-9-6-14(7-10-16)13-29(26,27)28/h2-12H,13H2,1H3,(H,23,25)(H2,26,27,28). The van der Waals surface area contributed by atoms with Gasteiger partial charge in [0.1, 0.15) is 5.82 Å². The number of aromatic nitrogens is 2. The van der Waals surface area contributed by atoms with Crippen LogP contribution in [-0.4, -0.2) is 25.5 Å². The number of carbonyl (C=O) groups excluding carboxylic acids is 1. The lowest BCUT2D eigenvalue weighted by atomic mass is 10.1. The number of rotatable bonds is 6. The van der Waals surface area contributed by atoms with Crippen LogP contribution in [0.15, 0.2) is 60.8 Å². The highest BCUT2D eigenvalue weighted by atomic mass is 31.2. The molecule has 1 heterocycles. The Bertz CT molecular complexity index is 1100. The van der Waals surface area contributed by atoms with Gasteiger partial charge < -0.3 is 15.1 Å². The summed E-state index contributed by atoms with van der Waals surface area (Å²) in [7, 11) is -2.45. The van der Waals surface area contributed by atoms with Crippen LogP contribution in [0.4, 0.5) is 10.1 Å². The summed E-state index contributed by atoms with van der Waals surface area (Å²) >= 11 is 0. The molecule has 3 aromatic rings. The Kier molecular flexibility index (Phi) is 6.08. The van der Waals surface area contributed by atoms with Crippen LogP contribution in [0, 0.1) is 5.82 Å². The molecule has 3 rings (SSSR count). The largest absolute Gasteiger partial charge is 0.329 e. The van der Waals surface area contributed by atoms with E-state index >= 15 is 0 Å². The molecule has 0 unspecified atom stereocenters. The molecule has 3 N–H and O–H groups in total. The lowest BCUT2D eigenvalue weighted by Crippen LogP contribution is -2.07. The van der Waals surface area contributed by atoms with E-state index < -0.39 is 13.5 Å². The van der Waals surface area contributed by atoms with Crippen molar-refractivity contribution in [1.29, 1.82) is 0 Å². The number of halogens is 1. The number of carbonyl (C=O) groups is 1. The first-order chi connectivity index (χ1) is 13.7. The van der Waals surface area contributed by atoms with Crippen molar-refractivity contribution < 1.29 is 23.5 Å². The van der Waals surface area contributed by atoms with Crippen molar-refractivity contribution in [3.63, 3.8) is 0 Å². The highest BCUT2D eigenvalue weighted by Crippen LogP contribution is 2.39. The molecule has 0 aliphatic rings. The Labute approximate surface area is 166 Å². The van der Waals surface area contributed by atoms with E-state index in [-0.39, 0.29) is 12.0 Å². The average molecular weight is 415 g/mol. The number of anilines is 1. The van der Waals surface area contributed by atoms with Gasteiger partial charge in [-0.25, -0.2) is 4.39 Å². The monoisotopic (exact) mass is 415 g/mol. The molecule has 0 bridgehead atoms. The van der Waals surface area contributed by atoms with Crippen LogP contribution in [0.2, 0.25) is 0 Å². The molecular formula is C20H19FN3O4P. The number of hydrogen-bond acceptors (Lipinski definition) is 3. The average Bonchev–Trinajstić information content (AvgIpc) is 3.01. The van der Waals surface area contributed by atoms with E-state index in [2.05, 4.69) is 10.4 Å². The zero-order valence-electron chi connectivity index (χ0n) is 15.5. The van der Waals surface area contributed by atoms with Crippen LogP contribution in [0.5, 0.6) is 0 Å². The van der Waals surface area contributed by atoms with Gasteiger partial charge in [-0.1, -0.05) is 24.3 Å². The molecule has 0 spiro atoms. The van der Waals surface area contributed by atoms with Crippen molar-refractivity contribution in [2.75, 3.05) is 5.32 Å². The molecule has 1 amide bonds.